The van der Waals surface area contributed by atoms with Crippen molar-refractivity contribution in [3.05, 3.63) is 65.6 Å². The number of benzene rings is 1. The first-order chi connectivity index (χ1) is 9.75. The van der Waals surface area contributed by atoms with E-state index in [-0.39, 0.29) is 0 Å². The lowest BCUT2D eigenvalue weighted by Crippen LogP contribution is -2.11. The van der Waals surface area contributed by atoms with Gasteiger partial charge in [0.25, 0.3) is 0 Å². The lowest BCUT2D eigenvalue weighted by molar-refractivity contribution is -0.378. The minimum Gasteiger partial charge on any atom is -0.421 e. The van der Waals surface area contributed by atoms with Gasteiger partial charge in [-0.25, -0.2) is 9.78 Å². The maximum absolute atomic E-state index is 12.0. The van der Waals surface area contributed by atoms with Crippen molar-refractivity contribution < 1.29 is 14.5 Å². The molecule has 0 atom stereocenters. The Labute approximate surface area is 120 Å². The van der Waals surface area contributed by atoms with Gasteiger partial charge in [-0.2, -0.15) is 0 Å². The monoisotopic (exact) mass is 285 g/mol. The van der Waals surface area contributed by atoms with Crippen molar-refractivity contribution in [1.82, 2.24) is 4.98 Å². The van der Waals surface area contributed by atoms with E-state index in [0.29, 0.717) is 21.9 Å². The first-order valence-electron chi connectivity index (χ1n) is 5.97. The van der Waals surface area contributed by atoms with Gasteiger partial charge in [0.2, 0.25) is 0 Å². The van der Waals surface area contributed by atoms with Gasteiger partial charge >= 0.3 is 5.97 Å². The van der Waals surface area contributed by atoms with Crippen molar-refractivity contribution >= 4 is 28.5 Å². The van der Waals surface area contributed by atoms with Gasteiger partial charge in [0.05, 0.1) is 10.6 Å². The standard InChI is InChI=1S/C15H9ClN2O2/c16-12-3-4-13(14-11(12)2-1-7-18-14)20-15(19)10-5-8-17-9-6-10/h1-9H/p+1. The van der Waals surface area contributed by atoms with Gasteiger partial charge in [0.15, 0.2) is 18.1 Å². The van der Waals surface area contributed by atoms with Gasteiger partial charge in [-0.1, -0.05) is 11.6 Å². The number of aromatic amines is 1. The molecule has 2 aromatic heterocycles. The summed E-state index contributed by atoms with van der Waals surface area (Å²) in [6.07, 6.45) is 4.96. The average molecular weight is 286 g/mol. The molecule has 0 unspecified atom stereocenters. The molecule has 0 aliphatic rings. The van der Waals surface area contributed by atoms with Crippen molar-refractivity contribution in [2.24, 2.45) is 0 Å². The van der Waals surface area contributed by atoms with E-state index in [9.17, 15) is 4.79 Å². The number of rotatable bonds is 2. The maximum Gasteiger partial charge on any atom is 0.344 e. The van der Waals surface area contributed by atoms with Crippen molar-refractivity contribution in [2.45, 2.75) is 0 Å². The molecule has 0 spiro atoms. The number of carbonyl (C=O) groups excluding carboxylic acids is 1. The van der Waals surface area contributed by atoms with Crippen LogP contribution in [0, 0.1) is 0 Å². The number of nitrogens with zero attached hydrogens (tertiary/aromatic N) is 1. The fourth-order valence-corrected chi connectivity index (χ4v) is 2.09. The van der Waals surface area contributed by atoms with Gasteiger partial charge in [0, 0.05) is 23.7 Å². The number of halogens is 1. The van der Waals surface area contributed by atoms with Crippen LogP contribution in [0.3, 0.4) is 0 Å². The maximum atomic E-state index is 12.0. The third-order valence-corrected chi connectivity index (χ3v) is 3.17. The second kappa shape index (κ2) is 5.27. The van der Waals surface area contributed by atoms with Crippen molar-refractivity contribution in [3.8, 4) is 5.75 Å². The molecule has 1 aromatic carbocycles. The predicted octanol–water partition coefficient (Wildman–Crippen LogP) is 2.92. The highest BCUT2D eigenvalue weighted by Gasteiger charge is 2.13. The van der Waals surface area contributed by atoms with Crippen molar-refractivity contribution in [2.75, 3.05) is 0 Å². The number of aromatic nitrogens is 2. The molecule has 20 heavy (non-hydrogen) atoms. The summed E-state index contributed by atoms with van der Waals surface area (Å²) in [6, 6.07) is 10.2. The molecule has 0 aliphatic carbocycles. The fraction of sp³-hybridized carbons (Fsp3) is 0. The van der Waals surface area contributed by atoms with Gasteiger partial charge in [-0.15, -0.1) is 0 Å². The Balaban J connectivity index is 2.00. The van der Waals surface area contributed by atoms with Crippen LogP contribution in [0.5, 0.6) is 5.75 Å². The molecule has 5 heteroatoms. The van der Waals surface area contributed by atoms with E-state index in [1.807, 2.05) is 6.07 Å². The number of fused-ring (bicyclic) bond motifs is 1. The molecule has 4 nitrogen and oxygen atoms in total. The third-order valence-electron chi connectivity index (χ3n) is 2.84. The number of pyridine rings is 2. The molecule has 0 fully saturated rings. The summed E-state index contributed by atoms with van der Waals surface area (Å²) >= 11 is 6.10. The molecule has 0 amide bonds. The van der Waals surface area contributed by atoms with Crippen LogP contribution < -0.4 is 9.72 Å². The fourth-order valence-electron chi connectivity index (χ4n) is 1.88. The predicted molar refractivity (Wildman–Crippen MR) is 74.7 cm³/mol. The second-order valence-corrected chi connectivity index (χ2v) is 4.53. The average Bonchev–Trinajstić information content (AvgIpc) is 2.51. The van der Waals surface area contributed by atoms with Crippen LogP contribution in [0.4, 0.5) is 0 Å². The summed E-state index contributed by atoms with van der Waals surface area (Å²) in [6.45, 7) is 0. The zero-order valence-corrected chi connectivity index (χ0v) is 11.1. The van der Waals surface area contributed by atoms with Gasteiger partial charge < -0.3 is 4.74 Å². The highest BCUT2D eigenvalue weighted by Crippen LogP contribution is 2.29. The number of carbonyl (C=O) groups is 1. The van der Waals surface area contributed by atoms with Crippen LogP contribution in [-0.4, -0.2) is 11.0 Å². The molecule has 0 radical (unpaired) electrons. The Hall–Kier alpha value is -2.46. The normalized spacial score (nSPS) is 10.4. The highest BCUT2D eigenvalue weighted by atomic mass is 35.5. The highest BCUT2D eigenvalue weighted by molar-refractivity contribution is 6.35. The molecule has 0 saturated carbocycles. The third kappa shape index (κ3) is 2.33. The molecule has 1 N–H and O–H groups in total. The Kier molecular flexibility index (Phi) is 3.31. The second-order valence-electron chi connectivity index (χ2n) is 4.12. The summed E-state index contributed by atoms with van der Waals surface area (Å²) < 4.78 is 5.39. The lowest BCUT2D eigenvalue weighted by atomic mass is 10.2. The van der Waals surface area contributed by atoms with Crippen molar-refractivity contribution in [3.63, 3.8) is 0 Å². The largest absolute Gasteiger partial charge is 0.421 e. The van der Waals surface area contributed by atoms with Crippen LogP contribution in [-0.2, 0) is 0 Å². The number of nitrogens with one attached hydrogen (secondary N) is 1. The Bertz CT molecular complexity index is 775. The Morgan fingerprint density at radius 3 is 2.75 bits per heavy atom. The number of hydrogen-bond acceptors (Lipinski definition) is 3. The van der Waals surface area contributed by atoms with E-state index in [4.69, 9.17) is 16.3 Å². The number of hydrogen-bond donors (Lipinski definition) is 0. The summed E-state index contributed by atoms with van der Waals surface area (Å²) in [4.78, 5) is 19.1. The van der Waals surface area contributed by atoms with E-state index < -0.39 is 5.97 Å². The summed E-state index contributed by atoms with van der Waals surface area (Å²) in [5.41, 5.74) is 1.03. The van der Waals surface area contributed by atoms with Crippen LogP contribution >= 0.6 is 11.6 Å². The van der Waals surface area contributed by atoms with E-state index in [2.05, 4.69) is 9.97 Å². The number of ether oxygens (including phenoxy) is 1. The molecule has 0 bridgehead atoms. The van der Waals surface area contributed by atoms with E-state index in [1.54, 1.807) is 48.9 Å². The first-order valence-corrected chi connectivity index (χ1v) is 6.35. The quantitative estimate of drug-likeness (QED) is 0.537. The smallest absolute Gasteiger partial charge is 0.344 e. The number of esters is 1. The zero-order valence-electron chi connectivity index (χ0n) is 10.3. The van der Waals surface area contributed by atoms with Gasteiger partial charge in [0.1, 0.15) is 5.52 Å². The summed E-state index contributed by atoms with van der Waals surface area (Å²) in [5, 5.41) is 1.32. The Morgan fingerprint density at radius 2 is 1.95 bits per heavy atom. The van der Waals surface area contributed by atoms with Crippen LogP contribution in [0.2, 0.25) is 5.02 Å². The van der Waals surface area contributed by atoms with Gasteiger partial charge in [-0.3, -0.25) is 4.98 Å². The molecule has 0 saturated heterocycles. The first kappa shape index (κ1) is 12.6. The molecular weight excluding hydrogens is 276 g/mol. The van der Waals surface area contributed by atoms with E-state index in [1.165, 1.54) is 0 Å². The van der Waals surface area contributed by atoms with Crippen LogP contribution in [0.25, 0.3) is 10.9 Å². The molecular formula is C15H10ClN2O2+. The molecule has 0 aliphatic heterocycles. The molecule has 2 heterocycles. The molecule has 98 valence electrons. The zero-order chi connectivity index (χ0) is 13.9. The minimum absolute atomic E-state index is 0.392. The number of H-pyrrole nitrogens is 1. The Morgan fingerprint density at radius 1 is 1.15 bits per heavy atom. The van der Waals surface area contributed by atoms with E-state index in [0.717, 1.165) is 5.39 Å². The molecule has 3 rings (SSSR count). The summed E-state index contributed by atoms with van der Waals surface area (Å²) in [7, 11) is 0. The topological polar surface area (TPSA) is 53.3 Å². The van der Waals surface area contributed by atoms with Gasteiger partial charge in [-0.05, 0) is 24.3 Å². The van der Waals surface area contributed by atoms with Crippen LogP contribution in [0.1, 0.15) is 10.4 Å². The van der Waals surface area contributed by atoms with Crippen molar-refractivity contribution in [1.29, 1.82) is 0 Å². The van der Waals surface area contributed by atoms with E-state index >= 15 is 0 Å². The van der Waals surface area contributed by atoms with Crippen LogP contribution in [0.15, 0.2) is 55.0 Å². The minimum atomic E-state index is -0.437. The molecule has 3 aromatic rings. The SMILES string of the molecule is O=C(Oc1ccc(Cl)c2cccnc12)c1cc[nH+]cc1. The lowest BCUT2D eigenvalue weighted by Gasteiger charge is -2.07. The summed E-state index contributed by atoms with van der Waals surface area (Å²) in [5.74, 6) is -0.0453.